The minimum Gasteiger partial charge on any atom is -0.357 e. The van der Waals surface area contributed by atoms with Crippen LogP contribution >= 0.6 is 0 Å². The summed E-state index contributed by atoms with van der Waals surface area (Å²) in [6.45, 7) is 3.63. The molecule has 0 amide bonds. The van der Waals surface area contributed by atoms with Crippen LogP contribution in [0.2, 0.25) is 0 Å². The number of hydrogen-bond acceptors (Lipinski definition) is 3. The zero-order valence-corrected chi connectivity index (χ0v) is 15.1. The lowest BCUT2D eigenvalue weighted by Gasteiger charge is -2.20. The molecule has 9 heteroatoms. The first-order valence-electron chi connectivity index (χ1n) is 8.07. The first-order valence-corrected chi connectivity index (χ1v) is 9.72. The third-order valence-electron chi connectivity index (χ3n) is 3.37. The van der Waals surface area contributed by atoms with Gasteiger partial charge in [-0.1, -0.05) is 25.1 Å². The summed E-state index contributed by atoms with van der Waals surface area (Å²) >= 11 is 0. The lowest BCUT2D eigenvalue weighted by molar-refractivity contribution is -0.132. The smallest absolute Gasteiger partial charge is 0.357 e. The molecule has 1 aromatic rings. The number of rotatable bonds is 8. The predicted octanol–water partition coefficient (Wildman–Crippen LogP) is 2.75. The molecule has 0 radical (unpaired) electrons. The number of guanidine groups is 1. The van der Waals surface area contributed by atoms with Crippen molar-refractivity contribution in [2.45, 2.75) is 43.8 Å². The van der Waals surface area contributed by atoms with Crippen molar-refractivity contribution < 1.29 is 21.6 Å². The topological polar surface area (TPSA) is 70.6 Å². The highest BCUT2D eigenvalue weighted by Gasteiger charge is 2.26. The molecule has 5 nitrogen and oxygen atoms in total. The normalized spacial score (nSPS) is 14.2. The number of hydrogen-bond donors (Lipinski definition) is 2. The molecule has 2 N–H and O–H groups in total. The average Bonchev–Trinajstić information content (AvgIpc) is 2.53. The van der Waals surface area contributed by atoms with E-state index in [1.54, 1.807) is 32.0 Å². The molecule has 0 aliphatic heterocycles. The molecule has 0 aliphatic carbocycles. The van der Waals surface area contributed by atoms with Crippen LogP contribution < -0.4 is 10.6 Å². The largest absolute Gasteiger partial charge is 0.390 e. The van der Waals surface area contributed by atoms with Crippen molar-refractivity contribution in [2.24, 2.45) is 4.99 Å². The molecule has 0 bridgehead atoms. The fourth-order valence-corrected chi connectivity index (χ4v) is 3.67. The molecule has 0 heterocycles. The molecule has 1 atom stereocenters. The van der Waals surface area contributed by atoms with Crippen molar-refractivity contribution in [1.29, 1.82) is 0 Å². The van der Waals surface area contributed by atoms with Crippen LogP contribution in [-0.4, -0.2) is 45.4 Å². The molecule has 0 spiro atoms. The molecular formula is C16H24F3N3O2S. The van der Waals surface area contributed by atoms with E-state index in [2.05, 4.69) is 15.6 Å². The van der Waals surface area contributed by atoms with Gasteiger partial charge in [-0.3, -0.25) is 4.99 Å². The molecule has 1 unspecified atom stereocenters. The van der Waals surface area contributed by atoms with Gasteiger partial charge in [0.1, 0.15) is 0 Å². The first-order chi connectivity index (χ1) is 11.7. The molecule has 142 valence electrons. The van der Waals surface area contributed by atoms with Crippen molar-refractivity contribution in [1.82, 2.24) is 10.6 Å². The Labute approximate surface area is 146 Å². The lowest BCUT2D eigenvalue weighted by atomic mass is 10.3. The van der Waals surface area contributed by atoms with Crippen molar-refractivity contribution in [3.05, 3.63) is 30.3 Å². The Bertz CT molecular complexity index is 646. The van der Waals surface area contributed by atoms with Crippen LogP contribution in [-0.2, 0) is 9.84 Å². The number of aliphatic imine (C=N–C) groups is 1. The summed E-state index contributed by atoms with van der Waals surface area (Å²) in [4.78, 5) is 4.09. The van der Waals surface area contributed by atoms with Crippen LogP contribution in [0.5, 0.6) is 0 Å². The van der Waals surface area contributed by atoms with Crippen LogP contribution in [0.3, 0.4) is 0 Å². The molecular weight excluding hydrogens is 355 g/mol. The van der Waals surface area contributed by atoms with E-state index in [0.717, 1.165) is 0 Å². The van der Waals surface area contributed by atoms with Gasteiger partial charge < -0.3 is 10.6 Å². The number of sulfone groups is 1. The van der Waals surface area contributed by atoms with Crippen molar-refractivity contribution >= 4 is 15.8 Å². The van der Waals surface area contributed by atoms with Crippen molar-refractivity contribution in [2.75, 3.05) is 18.8 Å². The quantitative estimate of drug-likeness (QED) is 0.538. The van der Waals surface area contributed by atoms with Crippen LogP contribution in [0.15, 0.2) is 40.2 Å². The van der Waals surface area contributed by atoms with Gasteiger partial charge in [0.05, 0.1) is 23.6 Å². The average molecular weight is 379 g/mol. The van der Waals surface area contributed by atoms with Gasteiger partial charge in [-0.2, -0.15) is 13.2 Å². The van der Waals surface area contributed by atoms with E-state index in [9.17, 15) is 21.6 Å². The summed E-state index contributed by atoms with van der Waals surface area (Å²) in [7, 11) is -3.50. The SMILES string of the molecule is CCNC(=NCCC(F)(F)F)NC(CC)CS(=O)(=O)c1ccccc1. The highest BCUT2D eigenvalue weighted by Crippen LogP contribution is 2.19. The maximum Gasteiger partial charge on any atom is 0.390 e. The Hall–Kier alpha value is -1.77. The standard InChI is InChI=1S/C16H24F3N3O2S/c1-3-13(12-25(23,24)14-8-6-5-7-9-14)22-15(20-4-2)21-11-10-16(17,18)19/h5-9,13H,3-4,10-12H2,1-2H3,(H2,20,21,22). The highest BCUT2D eigenvalue weighted by atomic mass is 32.2. The summed E-state index contributed by atoms with van der Waals surface area (Å²) in [5.41, 5.74) is 0. The number of alkyl halides is 3. The van der Waals surface area contributed by atoms with Crippen molar-refractivity contribution in [3.8, 4) is 0 Å². The van der Waals surface area contributed by atoms with Crippen molar-refractivity contribution in [3.63, 3.8) is 0 Å². The fraction of sp³-hybridized carbons (Fsp3) is 0.562. The van der Waals surface area contributed by atoms with Gasteiger partial charge in [-0.15, -0.1) is 0 Å². The maximum atomic E-state index is 12.4. The molecule has 0 fully saturated rings. The van der Waals surface area contributed by atoms with E-state index in [1.807, 2.05) is 0 Å². The molecule has 1 rings (SSSR count). The Kier molecular flexibility index (Phi) is 8.21. The van der Waals surface area contributed by atoms with E-state index in [4.69, 9.17) is 0 Å². The summed E-state index contributed by atoms with van der Waals surface area (Å²) < 4.78 is 61.6. The minimum absolute atomic E-state index is 0.169. The summed E-state index contributed by atoms with van der Waals surface area (Å²) in [6.07, 6.45) is -4.82. The van der Waals surface area contributed by atoms with E-state index in [1.165, 1.54) is 12.1 Å². The molecule has 0 saturated carbocycles. The Morgan fingerprint density at radius 3 is 2.36 bits per heavy atom. The maximum absolute atomic E-state index is 12.4. The third-order valence-corrected chi connectivity index (χ3v) is 5.20. The fourth-order valence-electron chi connectivity index (χ4n) is 2.06. The van der Waals surface area contributed by atoms with Gasteiger partial charge in [0.2, 0.25) is 0 Å². The van der Waals surface area contributed by atoms with Gasteiger partial charge in [-0.25, -0.2) is 8.42 Å². The molecule has 0 aromatic heterocycles. The van der Waals surface area contributed by atoms with Gasteiger partial charge >= 0.3 is 6.18 Å². The Morgan fingerprint density at radius 1 is 1.20 bits per heavy atom. The second kappa shape index (κ2) is 9.65. The Morgan fingerprint density at radius 2 is 1.84 bits per heavy atom. The number of halogens is 3. The molecule has 1 aromatic carbocycles. The van der Waals surface area contributed by atoms with Gasteiger partial charge in [0, 0.05) is 12.6 Å². The Balaban J connectivity index is 2.78. The second-order valence-electron chi connectivity index (χ2n) is 5.47. The van der Waals surface area contributed by atoms with Crippen LogP contribution in [0.25, 0.3) is 0 Å². The third kappa shape index (κ3) is 8.24. The van der Waals surface area contributed by atoms with Crippen LogP contribution in [0, 0.1) is 0 Å². The molecule has 0 aliphatic rings. The van der Waals surface area contributed by atoms with Crippen LogP contribution in [0.1, 0.15) is 26.7 Å². The van der Waals surface area contributed by atoms with Gasteiger partial charge in [0.25, 0.3) is 0 Å². The van der Waals surface area contributed by atoms with Crippen LogP contribution in [0.4, 0.5) is 13.2 Å². The van der Waals surface area contributed by atoms with E-state index in [-0.39, 0.29) is 16.6 Å². The summed E-state index contributed by atoms with van der Waals surface area (Å²) in [6, 6.07) is 7.59. The zero-order valence-electron chi connectivity index (χ0n) is 14.3. The van der Waals surface area contributed by atoms with E-state index < -0.39 is 35.0 Å². The second-order valence-corrected chi connectivity index (χ2v) is 7.50. The number of nitrogens with one attached hydrogen (secondary N) is 2. The van der Waals surface area contributed by atoms with Gasteiger partial charge in [0.15, 0.2) is 15.8 Å². The number of nitrogens with zero attached hydrogens (tertiary/aromatic N) is 1. The summed E-state index contributed by atoms with van der Waals surface area (Å²) in [5.74, 6) is 0.0128. The van der Waals surface area contributed by atoms with Gasteiger partial charge in [-0.05, 0) is 25.5 Å². The molecule has 0 saturated heterocycles. The lowest BCUT2D eigenvalue weighted by Crippen LogP contribution is -2.46. The minimum atomic E-state index is -4.28. The molecule has 25 heavy (non-hydrogen) atoms. The zero-order chi connectivity index (χ0) is 18.9. The first kappa shape index (κ1) is 21.3. The van der Waals surface area contributed by atoms with E-state index >= 15 is 0 Å². The van der Waals surface area contributed by atoms with E-state index in [0.29, 0.717) is 13.0 Å². The number of benzene rings is 1. The summed E-state index contributed by atoms with van der Waals surface area (Å²) in [5, 5.41) is 5.75. The highest BCUT2D eigenvalue weighted by molar-refractivity contribution is 7.91. The predicted molar refractivity (Wildman–Crippen MR) is 92.4 cm³/mol. The monoisotopic (exact) mass is 379 g/mol.